The van der Waals surface area contributed by atoms with Crippen LogP contribution in [0.3, 0.4) is 0 Å². The maximum Gasteiger partial charge on any atom is 0.193 e. The van der Waals surface area contributed by atoms with Gasteiger partial charge in [0.2, 0.25) is 0 Å². The number of likely N-dealkylation sites (N-methyl/N-ethyl adjacent to an activating group) is 1. The summed E-state index contributed by atoms with van der Waals surface area (Å²) in [5.74, 6) is 2.14. The van der Waals surface area contributed by atoms with Crippen molar-refractivity contribution in [3.63, 3.8) is 0 Å². The predicted molar refractivity (Wildman–Crippen MR) is 103 cm³/mol. The van der Waals surface area contributed by atoms with Crippen molar-refractivity contribution in [3.05, 3.63) is 22.4 Å². The molecule has 1 aliphatic rings. The first-order valence-electron chi connectivity index (χ1n) is 8.35. The van der Waals surface area contributed by atoms with E-state index in [0.717, 1.165) is 57.3 Å². The third-order valence-electron chi connectivity index (χ3n) is 4.27. The van der Waals surface area contributed by atoms with Crippen LogP contribution >= 0.6 is 23.1 Å². The molecule has 0 radical (unpaired) electrons. The summed E-state index contributed by atoms with van der Waals surface area (Å²) in [6, 6.07) is 4.31. The van der Waals surface area contributed by atoms with Crippen LogP contribution in [0.5, 0.6) is 0 Å². The first kappa shape index (κ1) is 18.6. The zero-order valence-corrected chi connectivity index (χ0v) is 16.1. The third-order valence-corrected chi connectivity index (χ3v) is 6.66. The summed E-state index contributed by atoms with van der Waals surface area (Å²) in [6.45, 7) is 5.94. The van der Waals surface area contributed by atoms with Crippen LogP contribution in [-0.4, -0.2) is 61.8 Å². The molecule has 1 fully saturated rings. The standard InChI is InChI=1S/C17H29N3OS2/c1-4-23-17(8-11-21-12-9-17)14-19-16(18-2)20(3)10-7-15-6-5-13-22-15/h5-6,13H,4,7-12,14H2,1-3H3,(H,18,19). The number of nitrogens with zero attached hydrogens (tertiary/aromatic N) is 2. The van der Waals surface area contributed by atoms with Crippen molar-refractivity contribution in [2.75, 3.05) is 46.2 Å². The molecule has 0 aliphatic carbocycles. The second-order valence-electron chi connectivity index (χ2n) is 5.88. The van der Waals surface area contributed by atoms with E-state index in [2.05, 4.69) is 58.5 Å². The lowest BCUT2D eigenvalue weighted by Crippen LogP contribution is -2.48. The van der Waals surface area contributed by atoms with Gasteiger partial charge in [-0.2, -0.15) is 11.8 Å². The van der Waals surface area contributed by atoms with Crippen molar-refractivity contribution in [2.24, 2.45) is 4.99 Å². The fraction of sp³-hybridized carbons (Fsp3) is 0.706. The summed E-state index contributed by atoms with van der Waals surface area (Å²) in [5, 5.41) is 5.74. The lowest BCUT2D eigenvalue weighted by molar-refractivity contribution is 0.0781. The predicted octanol–water partition coefficient (Wildman–Crippen LogP) is 3.10. The number of ether oxygens (including phenoxy) is 1. The molecular weight excluding hydrogens is 326 g/mol. The molecule has 0 unspecified atom stereocenters. The summed E-state index contributed by atoms with van der Waals surface area (Å²) in [6.07, 6.45) is 3.31. The van der Waals surface area contributed by atoms with E-state index in [-0.39, 0.29) is 4.75 Å². The zero-order valence-electron chi connectivity index (χ0n) is 14.5. The molecule has 0 amide bonds. The van der Waals surface area contributed by atoms with Gasteiger partial charge in [0.25, 0.3) is 0 Å². The van der Waals surface area contributed by atoms with E-state index in [1.54, 1.807) is 0 Å². The normalized spacial score (nSPS) is 18.0. The molecule has 0 spiro atoms. The number of hydrogen-bond donors (Lipinski definition) is 1. The van der Waals surface area contributed by atoms with E-state index in [9.17, 15) is 0 Å². The van der Waals surface area contributed by atoms with Crippen molar-refractivity contribution in [3.8, 4) is 0 Å². The molecule has 0 saturated carbocycles. The molecule has 0 bridgehead atoms. The molecule has 1 aromatic heterocycles. The first-order chi connectivity index (χ1) is 11.2. The summed E-state index contributed by atoms with van der Waals surface area (Å²) in [4.78, 5) is 8.11. The lowest BCUT2D eigenvalue weighted by Gasteiger charge is -2.37. The van der Waals surface area contributed by atoms with Gasteiger partial charge >= 0.3 is 0 Å². The second-order valence-corrected chi connectivity index (χ2v) is 8.64. The van der Waals surface area contributed by atoms with Gasteiger partial charge in [-0.3, -0.25) is 4.99 Å². The fourth-order valence-corrected chi connectivity index (χ4v) is 4.83. The van der Waals surface area contributed by atoms with Gasteiger partial charge in [-0.25, -0.2) is 0 Å². The Morgan fingerprint density at radius 2 is 2.26 bits per heavy atom. The largest absolute Gasteiger partial charge is 0.381 e. The molecule has 4 nitrogen and oxygen atoms in total. The summed E-state index contributed by atoms with van der Waals surface area (Å²) in [5.41, 5.74) is 0. The zero-order chi connectivity index (χ0) is 16.5. The Morgan fingerprint density at radius 1 is 1.48 bits per heavy atom. The number of thioether (sulfide) groups is 1. The number of aliphatic imine (C=N–C) groups is 1. The van der Waals surface area contributed by atoms with Crippen molar-refractivity contribution < 1.29 is 4.74 Å². The molecular formula is C17H29N3OS2. The molecule has 6 heteroatoms. The van der Waals surface area contributed by atoms with Gasteiger partial charge in [0.05, 0.1) is 0 Å². The van der Waals surface area contributed by atoms with Crippen LogP contribution in [0.15, 0.2) is 22.5 Å². The Labute approximate surface area is 148 Å². The molecule has 2 heterocycles. The van der Waals surface area contributed by atoms with Crippen molar-refractivity contribution in [2.45, 2.75) is 30.9 Å². The van der Waals surface area contributed by atoms with Crippen LogP contribution < -0.4 is 5.32 Å². The van der Waals surface area contributed by atoms with Gasteiger partial charge in [0.1, 0.15) is 0 Å². The molecule has 2 rings (SSSR count). The minimum absolute atomic E-state index is 0.289. The van der Waals surface area contributed by atoms with E-state index >= 15 is 0 Å². The van der Waals surface area contributed by atoms with Crippen LogP contribution in [-0.2, 0) is 11.2 Å². The molecule has 130 valence electrons. The first-order valence-corrected chi connectivity index (χ1v) is 10.2. The number of hydrogen-bond acceptors (Lipinski definition) is 4. The highest BCUT2D eigenvalue weighted by Crippen LogP contribution is 2.34. The van der Waals surface area contributed by atoms with Gasteiger partial charge in [0, 0.05) is 50.0 Å². The minimum Gasteiger partial charge on any atom is -0.381 e. The van der Waals surface area contributed by atoms with Crippen LogP contribution in [0.2, 0.25) is 0 Å². The van der Waals surface area contributed by atoms with Crippen LogP contribution in [0, 0.1) is 0 Å². The van der Waals surface area contributed by atoms with E-state index in [1.165, 1.54) is 4.88 Å². The van der Waals surface area contributed by atoms with E-state index in [0.29, 0.717) is 0 Å². The van der Waals surface area contributed by atoms with Gasteiger partial charge in [-0.15, -0.1) is 11.3 Å². The topological polar surface area (TPSA) is 36.9 Å². The van der Waals surface area contributed by atoms with Crippen molar-refractivity contribution >= 4 is 29.1 Å². The highest BCUT2D eigenvalue weighted by atomic mass is 32.2. The maximum absolute atomic E-state index is 5.55. The minimum atomic E-state index is 0.289. The van der Waals surface area contributed by atoms with Gasteiger partial charge in [0.15, 0.2) is 5.96 Å². The molecule has 1 aliphatic heterocycles. The highest BCUT2D eigenvalue weighted by Gasteiger charge is 2.32. The van der Waals surface area contributed by atoms with Gasteiger partial charge in [-0.1, -0.05) is 13.0 Å². The maximum atomic E-state index is 5.55. The van der Waals surface area contributed by atoms with E-state index in [4.69, 9.17) is 4.74 Å². The van der Waals surface area contributed by atoms with Gasteiger partial charge < -0.3 is 15.0 Å². The Kier molecular flexibility index (Phi) is 7.73. The summed E-state index contributed by atoms with van der Waals surface area (Å²) >= 11 is 3.88. The summed E-state index contributed by atoms with van der Waals surface area (Å²) < 4.78 is 5.84. The number of thiophene rings is 1. The number of nitrogens with one attached hydrogen (secondary N) is 1. The Morgan fingerprint density at radius 3 is 2.87 bits per heavy atom. The molecule has 1 aromatic rings. The molecule has 0 aromatic carbocycles. The van der Waals surface area contributed by atoms with Gasteiger partial charge in [-0.05, 0) is 36.5 Å². The molecule has 1 saturated heterocycles. The highest BCUT2D eigenvalue weighted by molar-refractivity contribution is 8.00. The SMILES string of the molecule is CCSC1(CNC(=NC)N(C)CCc2cccs2)CCOCC1. The second kappa shape index (κ2) is 9.55. The summed E-state index contributed by atoms with van der Waals surface area (Å²) in [7, 11) is 3.99. The van der Waals surface area contributed by atoms with Crippen molar-refractivity contribution in [1.82, 2.24) is 10.2 Å². The Balaban J connectivity index is 1.85. The quantitative estimate of drug-likeness (QED) is 0.602. The third kappa shape index (κ3) is 5.69. The Bertz CT molecular complexity index is 465. The fourth-order valence-electron chi connectivity index (χ4n) is 2.89. The molecule has 1 N–H and O–H groups in total. The Hall–Kier alpha value is -0.720. The van der Waals surface area contributed by atoms with Crippen LogP contribution in [0.25, 0.3) is 0 Å². The number of rotatable bonds is 7. The number of guanidine groups is 1. The smallest absolute Gasteiger partial charge is 0.193 e. The molecule has 23 heavy (non-hydrogen) atoms. The van der Waals surface area contributed by atoms with Crippen LogP contribution in [0.4, 0.5) is 0 Å². The van der Waals surface area contributed by atoms with Crippen molar-refractivity contribution in [1.29, 1.82) is 0 Å². The average molecular weight is 356 g/mol. The monoisotopic (exact) mass is 355 g/mol. The van der Waals surface area contributed by atoms with Crippen LogP contribution in [0.1, 0.15) is 24.6 Å². The lowest BCUT2D eigenvalue weighted by atomic mass is 9.99. The van der Waals surface area contributed by atoms with E-state index in [1.807, 2.05) is 18.4 Å². The average Bonchev–Trinajstić information content (AvgIpc) is 3.08. The van der Waals surface area contributed by atoms with E-state index < -0.39 is 0 Å². The molecule has 0 atom stereocenters.